The summed E-state index contributed by atoms with van der Waals surface area (Å²) in [6, 6.07) is 6.09. The van der Waals surface area contributed by atoms with Gasteiger partial charge in [-0.2, -0.15) is 0 Å². The number of hydrogen-bond acceptors (Lipinski definition) is 3. The van der Waals surface area contributed by atoms with Gasteiger partial charge in [-0.15, -0.1) is 0 Å². The molecule has 0 N–H and O–H groups in total. The molecule has 1 atom stereocenters. The van der Waals surface area contributed by atoms with E-state index in [2.05, 4.69) is 18.7 Å². The number of hydrogen-bond donors (Lipinski definition) is 0. The lowest BCUT2D eigenvalue weighted by Crippen LogP contribution is -2.36. The molecule has 0 spiro atoms. The summed E-state index contributed by atoms with van der Waals surface area (Å²) in [5, 5.41) is 0. The van der Waals surface area contributed by atoms with Crippen molar-refractivity contribution in [1.29, 1.82) is 0 Å². The van der Waals surface area contributed by atoms with E-state index in [1.54, 1.807) is 19.2 Å². The molecule has 3 nitrogen and oxygen atoms in total. The maximum atomic E-state index is 12.8. The highest BCUT2D eigenvalue weighted by molar-refractivity contribution is 5.95. The van der Waals surface area contributed by atoms with Crippen molar-refractivity contribution in [1.82, 2.24) is 4.90 Å². The highest BCUT2D eigenvalue weighted by atomic mass is 19.1. The van der Waals surface area contributed by atoms with E-state index >= 15 is 0 Å². The fourth-order valence-corrected chi connectivity index (χ4v) is 2.26. The van der Waals surface area contributed by atoms with Crippen molar-refractivity contribution < 1.29 is 13.9 Å². The van der Waals surface area contributed by atoms with E-state index < -0.39 is 0 Å². The Hall–Kier alpha value is -1.26. The third kappa shape index (κ3) is 5.39. The Kier molecular flexibility index (Phi) is 7.41. The van der Waals surface area contributed by atoms with E-state index in [4.69, 9.17) is 4.74 Å². The molecule has 0 radical (unpaired) electrons. The number of carbonyl (C=O) groups excluding carboxylic acids is 1. The molecule has 0 saturated heterocycles. The van der Waals surface area contributed by atoms with Gasteiger partial charge in [0.2, 0.25) is 0 Å². The summed E-state index contributed by atoms with van der Waals surface area (Å²) in [7, 11) is 1.70. The molecule has 112 valence electrons. The zero-order chi connectivity index (χ0) is 15.0. The minimum atomic E-state index is -0.313. The molecular formula is C16H24FNO2. The van der Waals surface area contributed by atoms with Gasteiger partial charge in [0.1, 0.15) is 5.82 Å². The number of rotatable bonds is 9. The van der Waals surface area contributed by atoms with Crippen LogP contribution in [0.1, 0.15) is 37.0 Å². The fraction of sp³-hybridized carbons (Fsp3) is 0.562. The summed E-state index contributed by atoms with van der Waals surface area (Å²) in [5.41, 5.74) is 0.583. The topological polar surface area (TPSA) is 29.5 Å². The summed E-state index contributed by atoms with van der Waals surface area (Å²) in [6.07, 6.45) is 1.29. The van der Waals surface area contributed by atoms with Gasteiger partial charge in [0, 0.05) is 25.1 Å². The van der Waals surface area contributed by atoms with Crippen molar-refractivity contribution in [2.75, 3.05) is 26.8 Å². The number of methoxy groups -OCH3 is 1. The molecule has 0 aliphatic carbocycles. The van der Waals surface area contributed by atoms with Gasteiger partial charge in [-0.05, 0) is 50.7 Å². The van der Waals surface area contributed by atoms with Crippen molar-refractivity contribution >= 4 is 5.78 Å². The van der Waals surface area contributed by atoms with E-state index in [-0.39, 0.29) is 11.6 Å². The first-order valence-electron chi connectivity index (χ1n) is 7.10. The Morgan fingerprint density at radius 2 is 2.00 bits per heavy atom. The van der Waals surface area contributed by atoms with Gasteiger partial charge in [0.05, 0.1) is 6.61 Å². The highest BCUT2D eigenvalue weighted by Crippen LogP contribution is 2.09. The second-order valence-corrected chi connectivity index (χ2v) is 4.97. The van der Waals surface area contributed by atoms with Crippen LogP contribution in [-0.4, -0.2) is 43.5 Å². The van der Waals surface area contributed by atoms with Crippen LogP contribution < -0.4 is 0 Å². The van der Waals surface area contributed by atoms with Crippen LogP contribution >= 0.6 is 0 Å². The van der Waals surface area contributed by atoms with Gasteiger partial charge in [-0.3, -0.25) is 9.69 Å². The molecule has 1 unspecified atom stereocenters. The van der Waals surface area contributed by atoms with Crippen LogP contribution in [0.3, 0.4) is 0 Å². The van der Waals surface area contributed by atoms with Gasteiger partial charge >= 0.3 is 0 Å². The average molecular weight is 281 g/mol. The number of benzene rings is 1. The normalized spacial score (nSPS) is 12.7. The van der Waals surface area contributed by atoms with Crippen LogP contribution in [-0.2, 0) is 4.74 Å². The first kappa shape index (κ1) is 16.8. The molecule has 0 saturated carbocycles. The number of ketones is 1. The van der Waals surface area contributed by atoms with Crippen molar-refractivity contribution in [3.8, 4) is 0 Å². The predicted octanol–water partition coefficient (Wildman–Crippen LogP) is 3.15. The largest absolute Gasteiger partial charge is 0.383 e. The van der Waals surface area contributed by atoms with E-state index in [0.29, 0.717) is 24.6 Å². The number of carbonyl (C=O) groups is 1. The maximum Gasteiger partial charge on any atom is 0.162 e. The monoisotopic (exact) mass is 281 g/mol. The molecule has 20 heavy (non-hydrogen) atoms. The third-order valence-electron chi connectivity index (χ3n) is 3.45. The van der Waals surface area contributed by atoms with Gasteiger partial charge < -0.3 is 4.74 Å². The van der Waals surface area contributed by atoms with Crippen molar-refractivity contribution in [3.63, 3.8) is 0 Å². The molecular weight excluding hydrogens is 257 g/mol. The predicted molar refractivity (Wildman–Crippen MR) is 78.5 cm³/mol. The Bertz CT molecular complexity index is 405. The molecule has 1 aromatic carbocycles. The number of nitrogens with zero attached hydrogens (tertiary/aromatic N) is 1. The molecule has 0 bridgehead atoms. The van der Waals surface area contributed by atoms with E-state index in [9.17, 15) is 9.18 Å². The minimum Gasteiger partial charge on any atom is -0.383 e. The molecule has 0 aliphatic heterocycles. The summed E-state index contributed by atoms with van der Waals surface area (Å²) < 4.78 is 17.9. The highest BCUT2D eigenvalue weighted by Gasteiger charge is 2.12. The van der Waals surface area contributed by atoms with Gasteiger partial charge in [-0.1, -0.05) is 6.92 Å². The van der Waals surface area contributed by atoms with Gasteiger partial charge in [0.15, 0.2) is 5.78 Å². The van der Waals surface area contributed by atoms with Crippen LogP contribution in [0.2, 0.25) is 0 Å². The second-order valence-electron chi connectivity index (χ2n) is 4.97. The van der Waals surface area contributed by atoms with Crippen LogP contribution in [0.15, 0.2) is 24.3 Å². The Morgan fingerprint density at radius 1 is 1.35 bits per heavy atom. The van der Waals surface area contributed by atoms with E-state index in [1.165, 1.54) is 12.1 Å². The zero-order valence-corrected chi connectivity index (χ0v) is 12.6. The molecule has 1 rings (SSSR count). The van der Waals surface area contributed by atoms with E-state index in [0.717, 1.165) is 19.5 Å². The van der Waals surface area contributed by atoms with Crippen LogP contribution in [0.25, 0.3) is 0 Å². The molecule has 0 fully saturated rings. The first-order chi connectivity index (χ1) is 9.58. The maximum absolute atomic E-state index is 12.8. The SMILES string of the molecule is CCN(CCCC(=O)c1ccc(F)cc1)C(C)COC. The molecule has 0 amide bonds. The lowest BCUT2D eigenvalue weighted by molar-refractivity contribution is 0.0925. The summed E-state index contributed by atoms with van der Waals surface area (Å²) in [5.74, 6) is -0.243. The third-order valence-corrected chi connectivity index (χ3v) is 3.45. The minimum absolute atomic E-state index is 0.0699. The molecule has 0 aromatic heterocycles. The van der Waals surface area contributed by atoms with Gasteiger partial charge in [0.25, 0.3) is 0 Å². The second kappa shape index (κ2) is 8.82. The van der Waals surface area contributed by atoms with Crippen molar-refractivity contribution in [3.05, 3.63) is 35.6 Å². The van der Waals surface area contributed by atoms with Gasteiger partial charge in [-0.25, -0.2) is 4.39 Å². The van der Waals surface area contributed by atoms with Crippen LogP contribution in [0, 0.1) is 5.82 Å². The number of halogens is 1. The summed E-state index contributed by atoms with van der Waals surface area (Å²) in [6.45, 7) is 6.73. The molecule has 4 heteroatoms. The first-order valence-corrected chi connectivity index (χ1v) is 7.10. The average Bonchev–Trinajstić information content (AvgIpc) is 2.44. The summed E-state index contributed by atoms with van der Waals surface area (Å²) >= 11 is 0. The van der Waals surface area contributed by atoms with Crippen molar-refractivity contribution in [2.24, 2.45) is 0 Å². The molecule has 1 aromatic rings. The number of likely N-dealkylation sites (N-methyl/N-ethyl adjacent to an activating group) is 1. The smallest absolute Gasteiger partial charge is 0.162 e. The lowest BCUT2D eigenvalue weighted by atomic mass is 10.1. The lowest BCUT2D eigenvalue weighted by Gasteiger charge is -2.27. The quantitative estimate of drug-likeness (QED) is 0.651. The van der Waals surface area contributed by atoms with E-state index in [1.807, 2.05) is 0 Å². The van der Waals surface area contributed by atoms with Crippen molar-refractivity contribution in [2.45, 2.75) is 32.7 Å². The Balaban J connectivity index is 2.39. The summed E-state index contributed by atoms with van der Waals surface area (Å²) in [4.78, 5) is 14.2. The van der Waals surface area contributed by atoms with Crippen LogP contribution in [0.5, 0.6) is 0 Å². The molecule has 0 aliphatic rings. The molecule has 0 heterocycles. The fourth-order valence-electron chi connectivity index (χ4n) is 2.26. The van der Waals surface area contributed by atoms with Crippen LogP contribution in [0.4, 0.5) is 4.39 Å². The Morgan fingerprint density at radius 3 is 2.55 bits per heavy atom. The Labute approximate surface area is 120 Å². The standard InChI is InChI=1S/C16H24FNO2/c1-4-18(13(2)12-20-3)11-5-6-16(19)14-7-9-15(17)10-8-14/h7-10,13H,4-6,11-12H2,1-3H3. The number of Topliss-reactive ketones (excluding diaryl/α,β-unsaturated/α-hetero) is 1. The zero-order valence-electron chi connectivity index (χ0n) is 12.6. The number of ether oxygens (including phenoxy) is 1.